The highest BCUT2D eigenvalue weighted by molar-refractivity contribution is 5.99. The molecule has 0 fully saturated rings. The number of hydrogen-bond acceptors (Lipinski definition) is 5. The normalized spacial score (nSPS) is 15.8. The molecule has 5 rings (SSSR count). The van der Waals surface area contributed by atoms with Crippen molar-refractivity contribution in [3.05, 3.63) is 100 Å². The Morgan fingerprint density at radius 1 is 1.11 bits per heavy atom. The Balaban J connectivity index is 1.58. The molecule has 1 aliphatic heterocycles. The van der Waals surface area contributed by atoms with Crippen molar-refractivity contribution in [2.75, 3.05) is 14.1 Å². The highest BCUT2D eigenvalue weighted by atomic mass is 19.4. The topological polar surface area (TPSA) is 63.9 Å². The molecule has 10 heteroatoms. The molecule has 0 radical (unpaired) electrons. The van der Waals surface area contributed by atoms with Gasteiger partial charge in [0.1, 0.15) is 11.9 Å². The second-order valence-electron chi connectivity index (χ2n) is 9.79. The van der Waals surface area contributed by atoms with Gasteiger partial charge in [0.15, 0.2) is 5.78 Å². The van der Waals surface area contributed by atoms with Crippen molar-refractivity contribution in [3.8, 4) is 0 Å². The van der Waals surface area contributed by atoms with Crippen LogP contribution in [0.5, 0.6) is 0 Å². The summed E-state index contributed by atoms with van der Waals surface area (Å²) in [6, 6.07) is 9.19. The lowest BCUT2D eigenvalue weighted by Gasteiger charge is -2.29. The first-order chi connectivity index (χ1) is 18.0. The van der Waals surface area contributed by atoms with E-state index in [4.69, 9.17) is 0 Å². The summed E-state index contributed by atoms with van der Waals surface area (Å²) in [5, 5.41) is 5.52. The zero-order valence-corrected chi connectivity index (χ0v) is 21.1. The van der Waals surface area contributed by atoms with Crippen molar-refractivity contribution < 1.29 is 22.4 Å². The maximum atomic E-state index is 14.7. The number of carbonyl (C=O) groups excluding carboxylic acids is 1. The molecule has 1 atom stereocenters. The molecule has 0 saturated heterocycles. The number of carbonyl (C=O) groups is 1. The van der Waals surface area contributed by atoms with Crippen LogP contribution in [-0.4, -0.2) is 44.5 Å². The van der Waals surface area contributed by atoms with Crippen molar-refractivity contribution in [2.45, 2.75) is 38.5 Å². The van der Waals surface area contributed by atoms with Crippen molar-refractivity contribution in [2.24, 2.45) is 0 Å². The van der Waals surface area contributed by atoms with Crippen LogP contribution in [0.3, 0.4) is 0 Å². The Bertz CT molecular complexity index is 1570. The Labute approximate surface area is 216 Å². The second-order valence-corrected chi connectivity index (χ2v) is 9.79. The molecular weight excluding hydrogens is 498 g/mol. The van der Waals surface area contributed by atoms with Gasteiger partial charge in [-0.05, 0) is 63.0 Å². The Kier molecular flexibility index (Phi) is 6.60. The Morgan fingerprint density at radius 3 is 2.61 bits per heavy atom. The van der Waals surface area contributed by atoms with Crippen LogP contribution >= 0.6 is 0 Å². The van der Waals surface area contributed by atoms with E-state index >= 15 is 0 Å². The fraction of sp³-hybridized carbons (Fsp3) is 0.286. The first-order valence-electron chi connectivity index (χ1n) is 12.0. The molecule has 0 N–H and O–H groups in total. The van der Waals surface area contributed by atoms with Crippen molar-refractivity contribution >= 4 is 16.7 Å². The van der Waals surface area contributed by atoms with Gasteiger partial charge in [0, 0.05) is 47.7 Å². The molecule has 4 aromatic rings. The average molecular weight is 524 g/mol. The lowest BCUT2D eigenvalue weighted by Crippen LogP contribution is -2.28. The number of fused-ring (bicyclic) bond motifs is 2. The number of allylic oxidation sites excluding steroid dienone is 2. The molecule has 0 amide bonds. The summed E-state index contributed by atoms with van der Waals surface area (Å²) in [6.45, 7) is 2.36. The van der Waals surface area contributed by atoms with E-state index in [-0.39, 0.29) is 17.8 Å². The van der Waals surface area contributed by atoms with E-state index in [0.29, 0.717) is 29.7 Å². The fourth-order valence-electron chi connectivity index (χ4n) is 4.96. The molecule has 1 unspecified atom stereocenters. The minimum atomic E-state index is -4.83. The van der Waals surface area contributed by atoms with Gasteiger partial charge in [-0.15, -0.1) is 0 Å². The third-order valence-electron chi connectivity index (χ3n) is 6.57. The predicted octanol–water partition coefficient (Wildman–Crippen LogP) is 5.32. The summed E-state index contributed by atoms with van der Waals surface area (Å²) in [5.41, 5.74) is 2.80. The number of benzene rings is 1. The molecule has 3 aromatic heterocycles. The van der Waals surface area contributed by atoms with Crippen LogP contribution in [0.1, 0.15) is 41.2 Å². The number of ketones is 1. The van der Waals surface area contributed by atoms with Gasteiger partial charge in [-0.3, -0.25) is 19.4 Å². The van der Waals surface area contributed by atoms with Gasteiger partial charge in [-0.2, -0.15) is 18.3 Å². The van der Waals surface area contributed by atoms with Gasteiger partial charge < -0.3 is 4.90 Å². The highest BCUT2D eigenvalue weighted by Crippen LogP contribution is 2.39. The zero-order valence-electron chi connectivity index (χ0n) is 21.1. The first kappa shape index (κ1) is 25.7. The monoisotopic (exact) mass is 523 g/mol. The molecule has 0 bridgehead atoms. The highest BCUT2D eigenvalue weighted by Gasteiger charge is 2.37. The molecular formula is C28H25F4N5O. The molecule has 38 heavy (non-hydrogen) atoms. The van der Waals surface area contributed by atoms with Crippen molar-refractivity contribution in [1.82, 2.24) is 24.6 Å². The predicted molar refractivity (Wildman–Crippen MR) is 134 cm³/mol. The van der Waals surface area contributed by atoms with E-state index in [9.17, 15) is 22.4 Å². The van der Waals surface area contributed by atoms with Crippen LogP contribution in [-0.2, 0) is 30.4 Å². The molecule has 0 saturated carbocycles. The first-order valence-corrected chi connectivity index (χ1v) is 12.0. The van der Waals surface area contributed by atoms with Crippen LogP contribution in [0.4, 0.5) is 17.6 Å². The third-order valence-corrected chi connectivity index (χ3v) is 6.57. The van der Waals surface area contributed by atoms with Crippen LogP contribution in [0, 0.1) is 5.82 Å². The number of halogens is 4. The van der Waals surface area contributed by atoms with E-state index in [2.05, 4.69) is 15.1 Å². The summed E-state index contributed by atoms with van der Waals surface area (Å²) in [5.74, 6) is -1.64. The number of nitrogens with zero attached hydrogens (tertiary/aromatic N) is 5. The zero-order chi connectivity index (χ0) is 27.2. The van der Waals surface area contributed by atoms with Gasteiger partial charge in [0.25, 0.3) is 0 Å². The summed E-state index contributed by atoms with van der Waals surface area (Å²) in [7, 11) is 3.79. The molecule has 1 aromatic carbocycles. The number of alkyl halides is 3. The number of aromatic nitrogens is 4. The van der Waals surface area contributed by atoms with Gasteiger partial charge in [0.05, 0.1) is 23.2 Å². The van der Waals surface area contributed by atoms with Crippen molar-refractivity contribution in [1.29, 1.82) is 0 Å². The standard InChI is InChI=1S/C28H25F4N5O/c1-16-10-21-12-20(15-36(2)3)35-37(21)27(17-5-7-22(23(29)11-17)28(30,31)32)26(16)25(38)13-19-6-4-18-14-33-9-8-24(18)34-19/h4-9,11-12,14,27H,10,13,15H2,1-3H3. The smallest absolute Gasteiger partial charge is 0.304 e. The van der Waals surface area contributed by atoms with E-state index in [0.717, 1.165) is 34.5 Å². The SMILES string of the molecule is CC1=C(C(=O)Cc2ccc3cnccc3n2)C(c2ccc(C(F)(F)F)c(F)c2)n2nc(CN(C)C)cc2C1. The molecule has 0 aliphatic carbocycles. The lowest BCUT2D eigenvalue weighted by atomic mass is 9.85. The van der Waals surface area contributed by atoms with Crippen LogP contribution < -0.4 is 0 Å². The molecule has 0 spiro atoms. The average Bonchev–Trinajstić information content (AvgIpc) is 3.23. The summed E-state index contributed by atoms with van der Waals surface area (Å²) in [6.07, 6.45) is -1.10. The lowest BCUT2D eigenvalue weighted by molar-refractivity contribution is -0.140. The van der Waals surface area contributed by atoms with E-state index < -0.39 is 23.6 Å². The molecule has 4 heterocycles. The van der Waals surface area contributed by atoms with Crippen LogP contribution in [0.25, 0.3) is 10.9 Å². The van der Waals surface area contributed by atoms with Crippen LogP contribution in [0.2, 0.25) is 0 Å². The van der Waals surface area contributed by atoms with Crippen molar-refractivity contribution in [3.63, 3.8) is 0 Å². The van der Waals surface area contributed by atoms with E-state index in [1.165, 1.54) is 6.07 Å². The van der Waals surface area contributed by atoms with Gasteiger partial charge in [-0.1, -0.05) is 11.6 Å². The maximum Gasteiger partial charge on any atom is 0.419 e. The number of pyridine rings is 2. The molecule has 1 aliphatic rings. The van der Waals surface area contributed by atoms with Crippen LogP contribution in [0.15, 0.2) is 66.0 Å². The van der Waals surface area contributed by atoms with E-state index in [1.807, 2.05) is 38.1 Å². The second kappa shape index (κ2) is 9.75. The molecule has 196 valence electrons. The van der Waals surface area contributed by atoms with E-state index in [1.54, 1.807) is 29.2 Å². The van der Waals surface area contributed by atoms with Gasteiger partial charge in [0.2, 0.25) is 0 Å². The minimum absolute atomic E-state index is 0.0221. The fourth-order valence-corrected chi connectivity index (χ4v) is 4.96. The van der Waals surface area contributed by atoms with Gasteiger partial charge in [-0.25, -0.2) is 4.39 Å². The minimum Gasteiger partial charge on any atom is -0.304 e. The summed E-state index contributed by atoms with van der Waals surface area (Å²) < 4.78 is 56.2. The largest absolute Gasteiger partial charge is 0.419 e. The molecule has 6 nitrogen and oxygen atoms in total. The Hall–Kier alpha value is -3.92. The Morgan fingerprint density at radius 2 is 1.89 bits per heavy atom. The summed E-state index contributed by atoms with van der Waals surface area (Å²) >= 11 is 0. The number of hydrogen-bond donors (Lipinski definition) is 0. The summed E-state index contributed by atoms with van der Waals surface area (Å²) in [4.78, 5) is 24.4. The number of Topliss-reactive ketones (excluding diaryl/α,β-unsaturated/α-hetero) is 1. The van der Waals surface area contributed by atoms with Gasteiger partial charge >= 0.3 is 6.18 Å². The maximum absolute atomic E-state index is 14.7. The quantitative estimate of drug-likeness (QED) is 0.320. The third kappa shape index (κ3) is 4.96. The number of rotatable bonds is 6.